The van der Waals surface area contributed by atoms with E-state index in [-0.39, 0.29) is 18.9 Å². The van der Waals surface area contributed by atoms with Crippen LogP contribution in [0.3, 0.4) is 0 Å². The predicted octanol–water partition coefficient (Wildman–Crippen LogP) is 4.81. The van der Waals surface area contributed by atoms with Crippen LogP contribution in [0.2, 0.25) is 0 Å². The molecule has 10 nitrogen and oxygen atoms in total. The highest BCUT2D eigenvalue weighted by atomic mass is 16.5. The lowest BCUT2D eigenvalue weighted by Gasteiger charge is -2.22. The Hall–Kier alpha value is -4.99. The zero-order chi connectivity index (χ0) is 32.6. The number of aldehydes is 1. The second kappa shape index (κ2) is 17.8. The average Bonchev–Trinajstić information content (AvgIpc) is 2.98. The number of carboxylic acids is 2. The fraction of sp³-hybridized carbons (Fsp3) is 0.324. The van der Waals surface area contributed by atoms with E-state index in [9.17, 15) is 29.1 Å². The second-order valence-electron chi connectivity index (χ2n) is 10.7. The number of aliphatic carboxylic acids is 2. The monoisotopic (exact) mass is 604 g/mol. The van der Waals surface area contributed by atoms with Gasteiger partial charge in [-0.15, -0.1) is 0 Å². The van der Waals surface area contributed by atoms with Gasteiger partial charge < -0.3 is 30.4 Å². The van der Waals surface area contributed by atoms with E-state index in [0.29, 0.717) is 18.3 Å². The van der Waals surface area contributed by atoms with Gasteiger partial charge in [0.1, 0.15) is 30.9 Å². The Labute approximate surface area is 257 Å². The molecule has 0 radical (unpaired) electrons. The number of nitrogens with one attached hydrogen (secondary N) is 2. The Morgan fingerprint density at radius 1 is 0.750 bits per heavy atom. The van der Waals surface area contributed by atoms with Crippen molar-refractivity contribution in [2.45, 2.75) is 65.1 Å². The van der Waals surface area contributed by atoms with Gasteiger partial charge >= 0.3 is 18.0 Å². The zero-order valence-corrected chi connectivity index (χ0v) is 25.4. The van der Waals surface area contributed by atoms with Crippen molar-refractivity contribution in [3.8, 4) is 0 Å². The molecule has 234 valence electrons. The molecule has 0 spiro atoms. The van der Waals surface area contributed by atoms with E-state index in [4.69, 9.17) is 9.84 Å². The molecule has 3 rings (SSSR count). The van der Waals surface area contributed by atoms with Crippen LogP contribution in [0.25, 0.3) is 0 Å². The molecule has 0 aromatic heterocycles. The van der Waals surface area contributed by atoms with Crippen LogP contribution in [0.1, 0.15) is 54.0 Å². The standard InChI is InChI=1S/C23H28N2O5.C11H12O3/c1-16(2)13-19(25-23(29)30-15-18-11-7-4-8-12-18)21(26)24-20(22(27)28)14-17-9-5-3-6-10-17;1-7-4-3-5-8(2)10(7)9(6-12)11(13)14/h3-12,16,19-20H,13-15H2,1-2H3,(H,24,26)(H,25,29)(H,27,28);3-6,9H,1-2H3,(H,13,14)/t19-,20-;/m0./s1. The second-order valence-corrected chi connectivity index (χ2v) is 10.7. The van der Waals surface area contributed by atoms with E-state index in [1.165, 1.54) is 0 Å². The number of alkyl carbamates (subject to hydrolysis) is 1. The van der Waals surface area contributed by atoms with Gasteiger partial charge in [0, 0.05) is 6.42 Å². The van der Waals surface area contributed by atoms with Gasteiger partial charge in [-0.25, -0.2) is 9.59 Å². The molecule has 0 fully saturated rings. The van der Waals surface area contributed by atoms with Crippen LogP contribution in [-0.2, 0) is 36.9 Å². The maximum absolute atomic E-state index is 12.7. The predicted molar refractivity (Wildman–Crippen MR) is 165 cm³/mol. The lowest BCUT2D eigenvalue weighted by atomic mass is 9.92. The van der Waals surface area contributed by atoms with E-state index < -0.39 is 41.9 Å². The van der Waals surface area contributed by atoms with Gasteiger partial charge in [-0.1, -0.05) is 92.7 Å². The number of benzene rings is 3. The van der Waals surface area contributed by atoms with Gasteiger partial charge in [-0.3, -0.25) is 9.59 Å². The minimum Gasteiger partial charge on any atom is -0.480 e. The smallest absolute Gasteiger partial charge is 0.408 e. The van der Waals surface area contributed by atoms with Gasteiger partial charge in [-0.05, 0) is 54.0 Å². The summed E-state index contributed by atoms with van der Waals surface area (Å²) in [6, 6.07) is 21.7. The van der Waals surface area contributed by atoms with Crippen LogP contribution < -0.4 is 10.6 Å². The molecule has 0 saturated carbocycles. The van der Waals surface area contributed by atoms with Crippen molar-refractivity contribution in [3.05, 3.63) is 107 Å². The number of amides is 2. The summed E-state index contributed by atoms with van der Waals surface area (Å²) < 4.78 is 5.19. The first kappa shape index (κ1) is 35.2. The molecule has 0 aliphatic heterocycles. The van der Waals surface area contributed by atoms with Crippen molar-refractivity contribution in [3.63, 3.8) is 0 Å². The number of aryl methyl sites for hydroxylation is 2. The van der Waals surface area contributed by atoms with E-state index in [1.54, 1.807) is 12.1 Å². The lowest BCUT2D eigenvalue weighted by Crippen LogP contribution is -2.52. The van der Waals surface area contributed by atoms with Crippen molar-refractivity contribution in [1.29, 1.82) is 0 Å². The summed E-state index contributed by atoms with van der Waals surface area (Å²) in [6.45, 7) is 7.52. The highest BCUT2D eigenvalue weighted by Crippen LogP contribution is 2.22. The largest absolute Gasteiger partial charge is 0.480 e. The van der Waals surface area contributed by atoms with Gasteiger partial charge in [0.2, 0.25) is 5.91 Å². The number of rotatable bonds is 13. The van der Waals surface area contributed by atoms with Gasteiger partial charge in [0.05, 0.1) is 0 Å². The molecule has 3 aromatic rings. The van der Waals surface area contributed by atoms with E-state index in [0.717, 1.165) is 22.3 Å². The number of carboxylic acid groups (broad SMARTS) is 2. The fourth-order valence-electron chi connectivity index (χ4n) is 4.50. The molecular formula is C34H40N2O8. The third-order valence-electron chi connectivity index (χ3n) is 6.68. The van der Waals surface area contributed by atoms with Crippen molar-refractivity contribution in [1.82, 2.24) is 10.6 Å². The maximum atomic E-state index is 12.7. The minimum atomic E-state index is -1.14. The summed E-state index contributed by atoms with van der Waals surface area (Å²) in [4.78, 5) is 58.1. The molecule has 2 amide bonds. The lowest BCUT2D eigenvalue weighted by molar-refractivity contribution is -0.142. The summed E-state index contributed by atoms with van der Waals surface area (Å²) in [5, 5.41) is 23.5. The van der Waals surface area contributed by atoms with Crippen LogP contribution in [0.15, 0.2) is 78.9 Å². The summed E-state index contributed by atoms with van der Waals surface area (Å²) >= 11 is 0. The molecule has 44 heavy (non-hydrogen) atoms. The Kier molecular flexibility index (Phi) is 14.3. The quantitative estimate of drug-likeness (QED) is 0.160. The molecule has 3 atom stereocenters. The molecule has 0 heterocycles. The molecular weight excluding hydrogens is 564 g/mol. The van der Waals surface area contributed by atoms with Crippen LogP contribution in [-0.4, -0.2) is 52.5 Å². The van der Waals surface area contributed by atoms with E-state index in [1.807, 2.05) is 94.4 Å². The Bertz CT molecular complexity index is 1370. The van der Waals surface area contributed by atoms with Crippen LogP contribution in [0.5, 0.6) is 0 Å². The van der Waals surface area contributed by atoms with Crippen molar-refractivity contribution in [2.24, 2.45) is 5.92 Å². The number of carbonyl (C=O) groups is 5. The third-order valence-corrected chi connectivity index (χ3v) is 6.68. The van der Waals surface area contributed by atoms with Crippen LogP contribution >= 0.6 is 0 Å². The number of carbonyl (C=O) groups excluding carboxylic acids is 3. The topological polar surface area (TPSA) is 159 Å². The summed E-state index contributed by atoms with van der Waals surface area (Å²) in [5.74, 6) is -3.73. The SMILES string of the molecule is CC(C)C[C@H](NC(=O)OCc1ccccc1)C(=O)N[C@@H](Cc1ccccc1)C(=O)O.Cc1cccc(C)c1C(C=O)C(=O)O. The van der Waals surface area contributed by atoms with Gasteiger partial charge in [-0.2, -0.15) is 0 Å². The van der Waals surface area contributed by atoms with Crippen LogP contribution in [0.4, 0.5) is 4.79 Å². The molecule has 0 bridgehead atoms. The first-order valence-electron chi connectivity index (χ1n) is 14.2. The van der Waals surface area contributed by atoms with E-state index in [2.05, 4.69) is 10.6 Å². The molecule has 0 saturated heterocycles. The van der Waals surface area contributed by atoms with E-state index >= 15 is 0 Å². The van der Waals surface area contributed by atoms with Crippen LogP contribution in [0, 0.1) is 19.8 Å². The molecule has 3 aromatic carbocycles. The molecule has 10 heteroatoms. The molecule has 0 aliphatic rings. The number of ether oxygens (including phenoxy) is 1. The Morgan fingerprint density at radius 2 is 1.30 bits per heavy atom. The molecule has 0 aliphatic carbocycles. The van der Waals surface area contributed by atoms with Crippen molar-refractivity contribution < 1.29 is 38.9 Å². The fourth-order valence-corrected chi connectivity index (χ4v) is 4.50. The third kappa shape index (κ3) is 11.7. The summed E-state index contributed by atoms with van der Waals surface area (Å²) in [7, 11) is 0. The Balaban J connectivity index is 0.000000402. The average molecular weight is 605 g/mol. The summed E-state index contributed by atoms with van der Waals surface area (Å²) in [6.07, 6.45) is 0.241. The maximum Gasteiger partial charge on any atom is 0.408 e. The normalized spacial score (nSPS) is 12.5. The Morgan fingerprint density at radius 3 is 1.77 bits per heavy atom. The highest BCUT2D eigenvalue weighted by molar-refractivity contribution is 5.93. The van der Waals surface area contributed by atoms with Crippen molar-refractivity contribution >= 4 is 30.2 Å². The number of hydrogen-bond acceptors (Lipinski definition) is 6. The number of hydrogen-bond donors (Lipinski definition) is 4. The molecule has 1 unspecified atom stereocenters. The summed E-state index contributed by atoms with van der Waals surface area (Å²) in [5.41, 5.74) is 3.90. The first-order valence-corrected chi connectivity index (χ1v) is 14.2. The minimum absolute atomic E-state index is 0.0778. The van der Waals surface area contributed by atoms with Gasteiger partial charge in [0.25, 0.3) is 0 Å². The van der Waals surface area contributed by atoms with Gasteiger partial charge in [0.15, 0.2) is 0 Å². The van der Waals surface area contributed by atoms with Crippen molar-refractivity contribution in [2.75, 3.05) is 0 Å². The highest BCUT2D eigenvalue weighted by Gasteiger charge is 2.28. The zero-order valence-electron chi connectivity index (χ0n) is 25.4. The molecule has 4 N–H and O–H groups in total. The first-order chi connectivity index (χ1) is 20.9.